The van der Waals surface area contributed by atoms with Gasteiger partial charge in [-0.2, -0.15) is 0 Å². The van der Waals surface area contributed by atoms with E-state index in [1.807, 2.05) is 13.8 Å². The molecule has 1 saturated heterocycles. The lowest BCUT2D eigenvalue weighted by Crippen LogP contribution is -2.48. The third-order valence-corrected chi connectivity index (χ3v) is 3.49. The predicted octanol–water partition coefficient (Wildman–Crippen LogP) is 1.81. The van der Waals surface area contributed by atoms with E-state index in [1.165, 1.54) is 6.07 Å². The summed E-state index contributed by atoms with van der Waals surface area (Å²) in [4.78, 5) is 2.18. The largest absolute Gasteiger partial charge is 0.389 e. The van der Waals surface area contributed by atoms with Crippen molar-refractivity contribution in [3.63, 3.8) is 0 Å². The van der Waals surface area contributed by atoms with Crippen LogP contribution in [0.4, 0.5) is 4.39 Å². The maximum Gasteiger partial charge on any atom is 0.128 e. The fourth-order valence-electron chi connectivity index (χ4n) is 2.70. The van der Waals surface area contributed by atoms with Gasteiger partial charge in [-0.3, -0.25) is 4.90 Å². The second kappa shape index (κ2) is 7.84. The molecule has 0 spiro atoms. The van der Waals surface area contributed by atoms with Gasteiger partial charge in [0.25, 0.3) is 0 Å². The minimum Gasteiger partial charge on any atom is -0.389 e. The topological polar surface area (TPSA) is 41.9 Å². The van der Waals surface area contributed by atoms with Crippen molar-refractivity contribution in [1.29, 1.82) is 0 Å². The number of benzene rings is 1. The van der Waals surface area contributed by atoms with Crippen LogP contribution < -0.4 is 0 Å². The summed E-state index contributed by atoms with van der Waals surface area (Å²) in [5.41, 5.74) is 0.512. The molecule has 1 N–H and O–H groups in total. The number of aliphatic hydroxyl groups excluding tert-OH is 1. The summed E-state index contributed by atoms with van der Waals surface area (Å²) >= 11 is 0. The van der Waals surface area contributed by atoms with Crippen LogP contribution in [-0.4, -0.2) is 54.6 Å². The van der Waals surface area contributed by atoms with E-state index in [-0.39, 0.29) is 31.2 Å². The average molecular weight is 297 g/mol. The van der Waals surface area contributed by atoms with Crippen LogP contribution in [0.2, 0.25) is 0 Å². The van der Waals surface area contributed by atoms with Gasteiger partial charge < -0.3 is 14.6 Å². The maximum absolute atomic E-state index is 13.4. The molecule has 0 amide bonds. The molecule has 0 radical (unpaired) electrons. The molecule has 1 aromatic rings. The number of ether oxygens (including phenoxy) is 2. The molecule has 1 heterocycles. The molecule has 1 aliphatic heterocycles. The molecule has 0 aliphatic carbocycles. The van der Waals surface area contributed by atoms with Crippen LogP contribution >= 0.6 is 0 Å². The third-order valence-electron chi connectivity index (χ3n) is 3.49. The fraction of sp³-hybridized carbons (Fsp3) is 0.625. The fourth-order valence-corrected chi connectivity index (χ4v) is 2.70. The van der Waals surface area contributed by atoms with Gasteiger partial charge in [-0.1, -0.05) is 18.2 Å². The lowest BCUT2D eigenvalue weighted by molar-refractivity contribution is -0.0826. The molecule has 4 nitrogen and oxygen atoms in total. The highest BCUT2D eigenvalue weighted by Gasteiger charge is 2.23. The van der Waals surface area contributed by atoms with Crippen molar-refractivity contribution in [3.05, 3.63) is 35.6 Å². The number of β-amino-alcohol motifs (C(OH)–C–C–N with tert-alkyl or cyclic N) is 1. The van der Waals surface area contributed by atoms with Crippen LogP contribution in [0.5, 0.6) is 0 Å². The van der Waals surface area contributed by atoms with Gasteiger partial charge in [-0.05, 0) is 19.9 Å². The zero-order chi connectivity index (χ0) is 15.2. The molecule has 21 heavy (non-hydrogen) atoms. The monoisotopic (exact) mass is 297 g/mol. The number of nitrogens with zero attached hydrogens (tertiary/aromatic N) is 1. The first-order valence-electron chi connectivity index (χ1n) is 7.41. The summed E-state index contributed by atoms with van der Waals surface area (Å²) in [5.74, 6) is -0.275. The van der Waals surface area contributed by atoms with E-state index in [1.54, 1.807) is 18.2 Å². The predicted molar refractivity (Wildman–Crippen MR) is 78.5 cm³/mol. The van der Waals surface area contributed by atoms with Crippen LogP contribution in [-0.2, 0) is 16.1 Å². The van der Waals surface area contributed by atoms with Crippen LogP contribution in [0.25, 0.3) is 0 Å². The summed E-state index contributed by atoms with van der Waals surface area (Å²) in [6.45, 7) is 6.63. The van der Waals surface area contributed by atoms with Gasteiger partial charge in [0, 0.05) is 25.2 Å². The van der Waals surface area contributed by atoms with Crippen molar-refractivity contribution in [3.8, 4) is 0 Å². The Labute approximate surface area is 125 Å². The second-order valence-corrected chi connectivity index (χ2v) is 5.74. The number of halogens is 1. The zero-order valence-electron chi connectivity index (χ0n) is 12.7. The van der Waals surface area contributed by atoms with Crippen LogP contribution in [0, 0.1) is 5.82 Å². The lowest BCUT2D eigenvalue weighted by atomic mass is 10.2. The molecular formula is C16H24FNO3. The van der Waals surface area contributed by atoms with Crippen LogP contribution in [0.1, 0.15) is 19.4 Å². The van der Waals surface area contributed by atoms with Gasteiger partial charge in [0.15, 0.2) is 0 Å². The van der Waals surface area contributed by atoms with E-state index in [0.29, 0.717) is 12.1 Å². The zero-order valence-corrected chi connectivity index (χ0v) is 12.7. The van der Waals surface area contributed by atoms with Crippen molar-refractivity contribution < 1.29 is 19.0 Å². The van der Waals surface area contributed by atoms with E-state index >= 15 is 0 Å². The Morgan fingerprint density at radius 2 is 2.00 bits per heavy atom. The number of aliphatic hydroxyl groups is 1. The quantitative estimate of drug-likeness (QED) is 0.869. The summed E-state index contributed by atoms with van der Waals surface area (Å²) in [5, 5.41) is 10.0. The minimum atomic E-state index is -0.575. The maximum atomic E-state index is 13.4. The standard InChI is InChI=1S/C16H24FNO3/c1-12-7-18(8-13(2)21-12)9-15(19)11-20-10-14-5-3-4-6-16(14)17/h3-6,12-13,15,19H,7-11H2,1-2H3/t12-,13-,15+/m1/s1. The van der Waals surface area contributed by atoms with Gasteiger partial charge in [0.05, 0.1) is 31.5 Å². The number of hydrogen-bond acceptors (Lipinski definition) is 4. The highest BCUT2D eigenvalue weighted by molar-refractivity contribution is 5.16. The summed E-state index contributed by atoms with van der Waals surface area (Å²) in [6.07, 6.45) is -0.213. The van der Waals surface area contributed by atoms with Gasteiger partial charge in [0.2, 0.25) is 0 Å². The van der Waals surface area contributed by atoms with Crippen LogP contribution in [0.3, 0.4) is 0 Å². The van der Waals surface area contributed by atoms with E-state index < -0.39 is 6.10 Å². The average Bonchev–Trinajstić information content (AvgIpc) is 2.39. The van der Waals surface area contributed by atoms with Crippen molar-refractivity contribution in [2.75, 3.05) is 26.2 Å². The molecule has 0 saturated carbocycles. The minimum absolute atomic E-state index is 0.180. The Balaban J connectivity index is 1.70. The lowest BCUT2D eigenvalue weighted by Gasteiger charge is -2.36. The Morgan fingerprint density at radius 1 is 1.33 bits per heavy atom. The summed E-state index contributed by atoms with van der Waals surface area (Å²) < 4.78 is 24.5. The molecule has 0 unspecified atom stereocenters. The number of hydrogen-bond donors (Lipinski definition) is 1. The van der Waals surface area contributed by atoms with Crippen molar-refractivity contribution in [1.82, 2.24) is 4.90 Å². The van der Waals surface area contributed by atoms with E-state index in [9.17, 15) is 9.50 Å². The smallest absolute Gasteiger partial charge is 0.128 e. The highest BCUT2D eigenvalue weighted by Crippen LogP contribution is 2.11. The van der Waals surface area contributed by atoms with Crippen LogP contribution in [0.15, 0.2) is 24.3 Å². The summed E-state index contributed by atoms with van der Waals surface area (Å²) in [6, 6.07) is 6.52. The van der Waals surface area contributed by atoms with Gasteiger partial charge in [-0.15, -0.1) is 0 Å². The van der Waals surface area contributed by atoms with Gasteiger partial charge >= 0.3 is 0 Å². The first-order valence-corrected chi connectivity index (χ1v) is 7.41. The molecule has 2 rings (SSSR count). The molecule has 5 heteroatoms. The normalized spacial score (nSPS) is 25.0. The van der Waals surface area contributed by atoms with E-state index in [4.69, 9.17) is 9.47 Å². The molecule has 1 aliphatic rings. The molecule has 0 bridgehead atoms. The number of morpholine rings is 1. The van der Waals surface area contributed by atoms with Gasteiger partial charge in [0.1, 0.15) is 5.82 Å². The molecule has 3 atom stereocenters. The third kappa shape index (κ3) is 5.36. The SMILES string of the molecule is C[C@@H]1CN(C[C@H](O)COCc2ccccc2F)C[C@@H](C)O1. The van der Waals surface area contributed by atoms with Crippen molar-refractivity contribution >= 4 is 0 Å². The highest BCUT2D eigenvalue weighted by atomic mass is 19.1. The number of rotatable bonds is 6. The second-order valence-electron chi connectivity index (χ2n) is 5.74. The molecule has 0 aromatic heterocycles. The van der Waals surface area contributed by atoms with E-state index in [0.717, 1.165) is 13.1 Å². The first kappa shape index (κ1) is 16.4. The molecule has 1 aromatic carbocycles. The molecule has 118 valence electrons. The van der Waals surface area contributed by atoms with E-state index in [2.05, 4.69) is 4.90 Å². The Morgan fingerprint density at radius 3 is 2.67 bits per heavy atom. The summed E-state index contributed by atoms with van der Waals surface area (Å²) in [7, 11) is 0. The Bertz CT molecular complexity index is 433. The Kier molecular flexibility index (Phi) is 6.11. The first-order chi connectivity index (χ1) is 10.0. The van der Waals surface area contributed by atoms with Crippen molar-refractivity contribution in [2.45, 2.75) is 38.8 Å². The Hall–Kier alpha value is -1.01. The molecular weight excluding hydrogens is 273 g/mol. The van der Waals surface area contributed by atoms with Crippen molar-refractivity contribution in [2.24, 2.45) is 0 Å². The van der Waals surface area contributed by atoms with Gasteiger partial charge in [-0.25, -0.2) is 4.39 Å². The molecule has 1 fully saturated rings.